The van der Waals surface area contributed by atoms with Crippen LogP contribution in [-0.2, 0) is 4.79 Å². The van der Waals surface area contributed by atoms with Crippen molar-refractivity contribution in [1.82, 2.24) is 9.80 Å². The molecular formula is C23H27FN2O3. The van der Waals surface area contributed by atoms with E-state index in [1.807, 2.05) is 24.3 Å². The molecule has 1 saturated heterocycles. The van der Waals surface area contributed by atoms with Gasteiger partial charge in [-0.3, -0.25) is 9.59 Å². The number of carbonyl (C=O) groups is 2. The summed E-state index contributed by atoms with van der Waals surface area (Å²) < 4.78 is 19.6. The van der Waals surface area contributed by atoms with Crippen LogP contribution in [0.2, 0.25) is 0 Å². The summed E-state index contributed by atoms with van der Waals surface area (Å²) in [7, 11) is 0. The quantitative estimate of drug-likeness (QED) is 0.772. The van der Waals surface area contributed by atoms with Gasteiger partial charge in [-0.05, 0) is 42.2 Å². The standard InChI is InChI=1S/C23H27FN2O3/c1-17(2)18-7-5-8-19(15-18)29-16-22(27)25-11-6-12-26(14-13-25)23(28)20-9-3-4-10-21(20)24/h3-5,7-10,15,17H,6,11-14,16H2,1-2H3. The van der Waals surface area contributed by atoms with Crippen molar-refractivity contribution in [3.8, 4) is 5.75 Å². The van der Waals surface area contributed by atoms with Crippen LogP contribution in [0.4, 0.5) is 4.39 Å². The highest BCUT2D eigenvalue weighted by Crippen LogP contribution is 2.20. The molecule has 0 aromatic heterocycles. The van der Waals surface area contributed by atoms with Crippen LogP contribution in [0.25, 0.3) is 0 Å². The molecule has 0 saturated carbocycles. The minimum atomic E-state index is -0.522. The lowest BCUT2D eigenvalue weighted by Crippen LogP contribution is -2.39. The van der Waals surface area contributed by atoms with Gasteiger partial charge < -0.3 is 14.5 Å². The maximum absolute atomic E-state index is 13.9. The zero-order valence-electron chi connectivity index (χ0n) is 16.9. The van der Waals surface area contributed by atoms with Crippen molar-refractivity contribution in [3.05, 3.63) is 65.5 Å². The predicted octanol–water partition coefficient (Wildman–Crippen LogP) is 3.70. The molecule has 2 aromatic carbocycles. The second-order valence-electron chi connectivity index (χ2n) is 7.52. The molecule has 1 aliphatic rings. The molecule has 0 bridgehead atoms. The Morgan fingerprint density at radius 2 is 1.72 bits per heavy atom. The van der Waals surface area contributed by atoms with Crippen molar-refractivity contribution >= 4 is 11.8 Å². The van der Waals surface area contributed by atoms with Crippen LogP contribution in [0.3, 0.4) is 0 Å². The van der Waals surface area contributed by atoms with E-state index in [0.29, 0.717) is 44.3 Å². The van der Waals surface area contributed by atoms with E-state index in [4.69, 9.17) is 4.74 Å². The van der Waals surface area contributed by atoms with Crippen molar-refractivity contribution in [3.63, 3.8) is 0 Å². The number of carbonyl (C=O) groups excluding carboxylic acids is 2. The monoisotopic (exact) mass is 398 g/mol. The summed E-state index contributed by atoms with van der Waals surface area (Å²) in [6.45, 7) is 6.01. The van der Waals surface area contributed by atoms with Crippen molar-refractivity contribution in [2.24, 2.45) is 0 Å². The minimum absolute atomic E-state index is 0.0389. The van der Waals surface area contributed by atoms with Crippen LogP contribution in [0.1, 0.15) is 42.1 Å². The van der Waals surface area contributed by atoms with Crippen LogP contribution in [0.5, 0.6) is 5.75 Å². The highest BCUT2D eigenvalue weighted by atomic mass is 19.1. The highest BCUT2D eigenvalue weighted by molar-refractivity contribution is 5.94. The molecule has 3 rings (SSSR count). The first-order valence-corrected chi connectivity index (χ1v) is 10.00. The normalized spacial score (nSPS) is 14.6. The molecule has 5 nitrogen and oxygen atoms in total. The molecule has 0 spiro atoms. The molecule has 154 valence electrons. The van der Waals surface area contributed by atoms with Crippen LogP contribution in [0.15, 0.2) is 48.5 Å². The average Bonchev–Trinajstić information content (AvgIpc) is 2.98. The second-order valence-corrected chi connectivity index (χ2v) is 7.52. The maximum atomic E-state index is 13.9. The Balaban J connectivity index is 1.55. The lowest BCUT2D eigenvalue weighted by Gasteiger charge is -2.22. The number of hydrogen-bond donors (Lipinski definition) is 0. The summed E-state index contributed by atoms with van der Waals surface area (Å²) >= 11 is 0. The second kappa shape index (κ2) is 9.54. The number of ether oxygens (including phenoxy) is 1. The third-order valence-corrected chi connectivity index (χ3v) is 5.13. The summed E-state index contributed by atoms with van der Waals surface area (Å²) in [6, 6.07) is 13.7. The zero-order chi connectivity index (χ0) is 20.8. The molecule has 1 aliphatic heterocycles. The fourth-order valence-corrected chi connectivity index (χ4v) is 3.37. The number of nitrogens with zero attached hydrogens (tertiary/aromatic N) is 2. The minimum Gasteiger partial charge on any atom is -0.484 e. The van der Waals surface area contributed by atoms with Crippen molar-refractivity contribution in [2.75, 3.05) is 32.8 Å². The van der Waals surface area contributed by atoms with Gasteiger partial charge in [-0.25, -0.2) is 4.39 Å². The van der Waals surface area contributed by atoms with Crippen LogP contribution in [-0.4, -0.2) is 54.4 Å². The Morgan fingerprint density at radius 3 is 2.48 bits per heavy atom. The maximum Gasteiger partial charge on any atom is 0.260 e. The van der Waals surface area contributed by atoms with Crippen molar-refractivity contribution in [2.45, 2.75) is 26.2 Å². The number of halogens is 1. The summed E-state index contributed by atoms with van der Waals surface area (Å²) in [4.78, 5) is 28.5. The van der Waals surface area contributed by atoms with E-state index in [9.17, 15) is 14.0 Å². The summed E-state index contributed by atoms with van der Waals surface area (Å²) in [5, 5.41) is 0. The van der Waals surface area contributed by atoms with Crippen LogP contribution >= 0.6 is 0 Å². The largest absolute Gasteiger partial charge is 0.484 e. The predicted molar refractivity (Wildman–Crippen MR) is 110 cm³/mol. The van der Waals surface area contributed by atoms with Gasteiger partial charge in [-0.1, -0.05) is 38.1 Å². The summed E-state index contributed by atoms with van der Waals surface area (Å²) in [5.74, 6) is 0.0968. The van der Waals surface area contributed by atoms with Gasteiger partial charge in [-0.2, -0.15) is 0 Å². The average molecular weight is 398 g/mol. The highest BCUT2D eigenvalue weighted by Gasteiger charge is 2.24. The van der Waals surface area contributed by atoms with Gasteiger partial charge in [0.15, 0.2) is 6.61 Å². The molecule has 2 amide bonds. The lowest BCUT2D eigenvalue weighted by atomic mass is 10.0. The van der Waals surface area contributed by atoms with E-state index < -0.39 is 5.82 Å². The first-order valence-electron chi connectivity index (χ1n) is 10.00. The first kappa shape index (κ1) is 20.8. The molecule has 6 heteroatoms. The third-order valence-electron chi connectivity index (χ3n) is 5.13. The molecule has 29 heavy (non-hydrogen) atoms. The van der Waals surface area contributed by atoms with Gasteiger partial charge >= 0.3 is 0 Å². The van der Waals surface area contributed by atoms with Crippen molar-refractivity contribution < 1.29 is 18.7 Å². The molecule has 0 N–H and O–H groups in total. The zero-order valence-corrected chi connectivity index (χ0v) is 16.9. The summed E-state index contributed by atoms with van der Waals surface area (Å²) in [6.07, 6.45) is 0.648. The van der Waals surface area contributed by atoms with E-state index >= 15 is 0 Å². The lowest BCUT2D eigenvalue weighted by molar-refractivity contribution is -0.133. The Labute approximate surface area is 171 Å². The van der Waals surface area contributed by atoms with Gasteiger partial charge in [0.2, 0.25) is 0 Å². The Morgan fingerprint density at radius 1 is 1.00 bits per heavy atom. The van der Waals surface area contributed by atoms with E-state index in [-0.39, 0.29) is 24.0 Å². The molecule has 0 unspecified atom stereocenters. The Kier molecular flexibility index (Phi) is 6.86. The molecule has 0 aliphatic carbocycles. The topological polar surface area (TPSA) is 49.9 Å². The number of rotatable bonds is 5. The van der Waals surface area contributed by atoms with Gasteiger partial charge in [0.1, 0.15) is 11.6 Å². The molecule has 0 atom stereocenters. The van der Waals surface area contributed by atoms with Crippen molar-refractivity contribution in [1.29, 1.82) is 0 Å². The SMILES string of the molecule is CC(C)c1cccc(OCC(=O)N2CCCN(C(=O)c3ccccc3F)CC2)c1. The van der Waals surface area contributed by atoms with Gasteiger partial charge in [0.05, 0.1) is 5.56 Å². The number of benzene rings is 2. The summed E-state index contributed by atoms with van der Waals surface area (Å²) in [5.41, 5.74) is 1.23. The molecular weight excluding hydrogens is 371 g/mol. The van der Waals surface area contributed by atoms with Crippen LogP contribution in [0, 0.1) is 5.82 Å². The van der Waals surface area contributed by atoms with Crippen LogP contribution < -0.4 is 4.74 Å². The Hall–Kier alpha value is -2.89. The number of amides is 2. The first-order chi connectivity index (χ1) is 14.0. The molecule has 1 heterocycles. The van der Waals surface area contributed by atoms with Gasteiger partial charge in [-0.15, -0.1) is 0 Å². The molecule has 1 fully saturated rings. The smallest absolute Gasteiger partial charge is 0.260 e. The van der Waals surface area contributed by atoms with Gasteiger partial charge in [0, 0.05) is 26.2 Å². The third kappa shape index (κ3) is 5.34. The fourth-order valence-electron chi connectivity index (χ4n) is 3.37. The van der Waals surface area contributed by atoms with E-state index in [1.54, 1.807) is 21.9 Å². The van der Waals surface area contributed by atoms with Gasteiger partial charge in [0.25, 0.3) is 11.8 Å². The van der Waals surface area contributed by atoms with E-state index in [0.717, 1.165) is 5.56 Å². The molecule has 2 aromatic rings. The fraction of sp³-hybridized carbons (Fsp3) is 0.391. The Bertz CT molecular complexity index is 869. The number of hydrogen-bond acceptors (Lipinski definition) is 3. The van der Waals surface area contributed by atoms with E-state index in [2.05, 4.69) is 13.8 Å². The molecule has 0 radical (unpaired) electrons. The van der Waals surface area contributed by atoms with E-state index in [1.165, 1.54) is 12.1 Å².